The van der Waals surface area contributed by atoms with Gasteiger partial charge in [-0.05, 0) is 18.9 Å². The predicted molar refractivity (Wildman–Crippen MR) is 80.7 cm³/mol. The molecular formula is C16H19N3O2. The van der Waals surface area contributed by atoms with Gasteiger partial charge in [-0.2, -0.15) is 0 Å². The van der Waals surface area contributed by atoms with Crippen LogP contribution in [-0.4, -0.2) is 34.4 Å². The Hall–Kier alpha value is -2.30. The molecule has 1 aromatic heterocycles. The average molecular weight is 285 g/mol. The van der Waals surface area contributed by atoms with Gasteiger partial charge in [0.25, 0.3) is 5.91 Å². The Morgan fingerprint density at radius 3 is 2.81 bits per heavy atom. The fraction of sp³-hybridized carbons (Fsp3) is 0.375. The number of aromatic nitrogens is 1. The van der Waals surface area contributed by atoms with Gasteiger partial charge in [0, 0.05) is 37.2 Å². The highest BCUT2D eigenvalue weighted by molar-refractivity contribution is 6.07. The number of likely N-dealkylation sites (tertiary alicyclic amines) is 1. The number of carbonyl (C=O) groups excluding carboxylic acids is 2. The molecular weight excluding hydrogens is 266 g/mol. The summed E-state index contributed by atoms with van der Waals surface area (Å²) in [7, 11) is 1.93. The molecule has 2 aromatic rings. The van der Waals surface area contributed by atoms with Gasteiger partial charge in [-0.25, -0.2) is 0 Å². The maximum atomic E-state index is 12.8. The Bertz CT molecular complexity index is 705. The number of para-hydroxylation sites is 1. The largest absolute Gasteiger partial charge is 0.369 e. The molecule has 2 heterocycles. The van der Waals surface area contributed by atoms with Crippen molar-refractivity contribution < 1.29 is 9.59 Å². The van der Waals surface area contributed by atoms with Crippen molar-refractivity contribution in [2.45, 2.75) is 12.8 Å². The number of benzene rings is 1. The number of nitrogens with zero attached hydrogens (tertiary/aromatic N) is 2. The molecule has 1 saturated heterocycles. The zero-order valence-corrected chi connectivity index (χ0v) is 12.1. The minimum absolute atomic E-state index is 0.0160. The number of nitrogens with two attached hydrogens (primary N) is 1. The number of hydrogen-bond donors (Lipinski definition) is 1. The normalized spacial score (nSPS) is 18.9. The zero-order chi connectivity index (χ0) is 15.0. The number of hydrogen-bond acceptors (Lipinski definition) is 2. The van der Waals surface area contributed by atoms with Crippen molar-refractivity contribution in [2.24, 2.45) is 18.7 Å². The Kier molecular flexibility index (Phi) is 3.41. The van der Waals surface area contributed by atoms with Crippen molar-refractivity contribution in [3.05, 3.63) is 36.0 Å². The van der Waals surface area contributed by atoms with E-state index in [1.807, 2.05) is 42.1 Å². The SMILES string of the molecule is Cn1cc(C(=O)N2CCC[C@H](C(N)=O)C2)c2ccccc21. The first-order valence-corrected chi connectivity index (χ1v) is 7.20. The fourth-order valence-corrected chi connectivity index (χ4v) is 3.08. The van der Waals surface area contributed by atoms with Crippen LogP contribution in [-0.2, 0) is 11.8 Å². The van der Waals surface area contributed by atoms with E-state index >= 15 is 0 Å². The molecule has 0 spiro atoms. The van der Waals surface area contributed by atoms with E-state index in [1.54, 1.807) is 4.90 Å². The fourth-order valence-electron chi connectivity index (χ4n) is 3.08. The number of rotatable bonds is 2. The molecule has 5 heteroatoms. The molecule has 21 heavy (non-hydrogen) atoms. The van der Waals surface area contributed by atoms with E-state index in [1.165, 1.54) is 0 Å². The maximum absolute atomic E-state index is 12.8. The van der Waals surface area contributed by atoms with Crippen LogP contribution in [0.25, 0.3) is 10.9 Å². The van der Waals surface area contributed by atoms with Gasteiger partial charge in [-0.15, -0.1) is 0 Å². The third-order valence-electron chi connectivity index (χ3n) is 4.24. The molecule has 0 bridgehead atoms. The molecule has 0 radical (unpaired) electrons. The molecule has 1 aromatic carbocycles. The Labute approximate surface area is 123 Å². The van der Waals surface area contributed by atoms with Gasteiger partial charge in [0.15, 0.2) is 0 Å². The highest BCUT2D eigenvalue weighted by atomic mass is 16.2. The minimum atomic E-state index is -0.314. The van der Waals surface area contributed by atoms with Crippen molar-refractivity contribution in [1.29, 1.82) is 0 Å². The summed E-state index contributed by atoms with van der Waals surface area (Å²) >= 11 is 0. The van der Waals surface area contributed by atoms with E-state index < -0.39 is 0 Å². The lowest BCUT2D eigenvalue weighted by Crippen LogP contribution is -2.44. The predicted octanol–water partition coefficient (Wildman–Crippen LogP) is 1.52. The summed E-state index contributed by atoms with van der Waals surface area (Å²) in [4.78, 5) is 25.9. The minimum Gasteiger partial charge on any atom is -0.369 e. The van der Waals surface area contributed by atoms with Gasteiger partial charge in [0.2, 0.25) is 5.91 Å². The van der Waals surface area contributed by atoms with Crippen molar-refractivity contribution in [3.8, 4) is 0 Å². The molecule has 2 amide bonds. The molecule has 1 atom stereocenters. The van der Waals surface area contributed by atoms with Gasteiger partial charge in [-0.3, -0.25) is 9.59 Å². The van der Waals surface area contributed by atoms with Crippen LogP contribution in [0.15, 0.2) is 30.5 Å². The summed E-state index contributed by atoms with van der Waals surface area (Å²) in [5, 5.41) is 0.950. The van der Waals surface area contributed by atoms with Crippen LogP contribution in [0.4, 0.5) is 0 Å². The van der Waals surface area contributed by atoms with E-state index in [0.29, 0.717) is 18.7 Å². The Balaban J connectivity index is 1.92. The van der Waals surface area contributed by atoms with Crippen molar-refractivity contribution in [3.63, 3.8) is 0 Å². The summed E-state index contributed by atoms with van der Waals surface area (Å²) in [6.07, 6.45) is 3.46. The molecule has 1 aliphatic heterocycles. The van der Waals surface area contributed by atoms with Gasteiger partial charge in [0.1, 0.15) is 0 Å². The van der Waals surface area contributed by atoms with E-state index in [0.717, 1.165) is 23.7 Å². The van der Waals surface area contributed by atoms with E-state index in [9.17, 15) is 9.59 Å². The third-order valence-corrected chi connectivity index (χ3v) is 4.24. The molecule has 1 aliphatic rings. The number of fused-ring (bicyclic) bond motifs is 1. The zero-order valence-electron chi connectivity index (χ0n) is 12.1. The van der Waals surface area contributed by atoms with Gasteiger partial charge < -0.3 is 15.2 Å². The lowest BCUT2D eigenvalue weighted by atomic mass is 9.97. The summed E-state index contributed by atoms with van der Waals surface area (Å²) in [5.41, 5.74) is 7.11. The molecule has 0 unspecified atom stereocenters. The lowest BCUT2D eigenvalue weighted by molar-refractivity contribution is -0.123. The maximum Gasteiger partial charge on any atom is 0.256 e. The Morgan fingerprint density at radius 2 is 2.05 bits per heavy atom. The van der Waals surface area contributed by atoms with Crippen molar-refractivity contribution in [2.75, 3.05) is 13.1 Å². The molecule has 3 rings (SSSR count). The molecule has 0 saturated carbocycles. The first-order valence-electron chi connectivity index (χ1n) is 7.20. The highest BCUT2D eigenvalue weighted by Crippen LogP contribution is 2.24. The first-order chi connectivity index (χ1) is 10.1. The Morgan fingerprint density at radius 1 is 1.29 bits per heavy atom. The summed E-state index contributed by atoms with van der Waals surface area (Å²) in [6, 6.07) is 7.84. The average Bonchev–Trinajstić information content (AvgIpc) is 2.84. The van der Waals surface area contributed by atoms with Crippen molar-refractivity contribution in [1.82, 2.24) is 9.47 Å². The van der Waals surface area contributed by atoms with Crippen LogP contribution < -0.4 is 5.73 Å². The third kappa shape index (κ3) is 2.39. The van der Waals surface area contributed by atoms with Crippen LogP contribution in [0.2, 0.25) is 0 Å². The monoisotopic (exact) mass is 285 g/mol. The number of amides is 2. The topological polar surface area (TPSA) is 68.3 Å². The van der Waals surface area contributed by atoms with Crippen molar-refractivity contribution >= 4 is 22.7 Å². The summed E-state index contributed by atoms with van der Waals surface area (Å²) in [5.74, 6) is -0.555. The second kappa shape index (κ2) is 5.24. The van der Waals surface area contributed by atoms with Gasteiger partial charge in [0.05, 0.1) is 11.5 Å². The standard InChI is InChI=1S/C16H19N3O2/c1-18-10-13(12-6-2-3-7-14(12)18)16(21)19-8-4-5-11(9-19)15(17)20/h2-3,6-7,10-11H,4-5,8-9H2,1H3,(H2,17,20)/t11-/m0/s1. The van der Waals surface area contributed by atoms with E-state index in [4.69, 9.17) is 5.73 Å². The van der Waals surface area contributed by atoms with Crippen LogP contribution in [0.5, 0.6) is 0 Å². The smallest absolute Gasteiger partial charge is 0.256 e. The number of carbonyl (C=O) groups is 2. The lowest BCUT2D eigenvalue weighted by Gasteiger charge is -2.31. The summed E-state index contributed by atoms with van der Waals surface area (Å²) < 4.78 is 1.96. The molecule has 5 nitrogen and oxygen atoms in total. The number of piperidine rings is 1. The van der Waals surface area contributed by atoms with Crippen LogP contribution in [0.1, 0.15) is 23.2 Å². The van der Waals surface area contributed by atoms with Gasteiger partial charge >= 0.3 is 0 Å². The molecule has 1 fully saturated rings. The van der Waals surface area contributed by atoms with Crippen LogP contribution in [0, 0.1) is 5.92 Å². The van der Waals surface area contributed by atoms with E-state index in [-0.39, 0.29) is 17.7 Å². The first kappa shape index (κ1) is 13.7. The molecule has 0 aliphatic carbocycles. The van der Waals surface area contributed by atoms with Crippen LogP contribution in [0.3, 0.4) is 0 Å². The second-order valence-corrected chi connectivity index (χ2v) is 5.66. The second-order valence-electron chi connectivity index (χ2n) is 5.66. The number of aryl methyl sites for hydroxylation is 1. The quantitative estimate of drug-likeness (QED) is 0.909. The van der Waals surface area contributed by atoms with Crippen LogP contribution >= 0.6 is 0 Å². The molecule has 2 N–H and O–H groups in total. The summed E-state index contributed by atoms with van der Waals surface area (Å²) in [6.45, 7) is 1.11. The van der Waals surface area contributed by atoms with Gasteiger partial charge in [-0.1, -0.05) is 18.2 Å². The number of primary amides is 1. The van der Waals surface area contributed by atoms with E-state index in [2.05, 4.69) is 0 Å². The molecule has 110 valence electrons. The highest BCUT2D eigenvalue weighted by Gasteiger charge is 2.28.